The molecule has 1 N–H and O–H groups in total. The molecule has 0 aliphatic carbocycles. The number of imidazole rings is 1. The number of hydrogen-bond donors (Lipinski definition) is 1. The van der Waals surface area contributed by atoms with Gasteiger partial charge in [0.1, 0.15) is 5.82 Å². The lowest BCUT2D eigenvalue weighted by Gasteiger charge is -2.04. The third-order valence-corrected chi connectivity index (χ3v) is 3.99. The molecule has 0 amide bonds. The summed E-state index contributed by atoms with van der Waals surface area (Å²) in [6.45, 7) is 0. The molecule has 3 rings (SSSR count). The monoisotopic (exact) mass is 349 g/mol. The Bertz CT molecular complexity index is 1160. The number of H-pyrrole nitrogens is 1. The Morgan fingerprint density at radius 1 is 1.31 bits per heavy atom. The number of nitrogens with one attached hydrogen (secondary N) is 1. The predicted molar refractivity (Wildman–Crippen MR) is 95.4 cm³/mol. The summed E-state index contributed by atoms with van der Waals surface area (Å²) in [5.74, 6) is -1.38. The molecule has 1 aromatic carbocycles. The van der Waals surface area contributed by atoms with Crippen molar-refractivity contribution < 1.29 is 4.79 Å². The average molecular weight is 349 g/mol. The van der Waals surface area contributed by atoms with E-state index in [4.69, 9.17) is 0 Å². The second-order valence-electron chi connectivity index (χ2n) is 5.78. The number of rotatable bonds is 4. The molecule has 0 fully saturated rings. The zero-order valence-electron chi connectivity index (χ0n) is 14.1. The maximum atomic E-state index is 12.4. The van der Waals surface area contributed by atoms with Crippen molar-refractivity contribution >= 4 is 22.9 Å². The summed E-state index contributed by atoms with van der Waals surface area (Å²) < 4.78 is 2.19. The second kappa shape index (κ2) is 6.64. The highest BCUT2D eigenvalue weighted by Gasteiger charge is 2.21. The largest absolute Gasteiger partial charge is 0.340 e. The molecule has 130 valence electrons. The standard InChI is InChI=1S/C18H15N5O3/c1-22-10-11(17(25)23(2)18(22)26)7-8-15(24)12(9-19)16-20-13-5-3-4-6-14(13)21-16/h3-8,10,12H,1-2H3,(H,20,21)/b8-7+. The summed E-state index contributed by atoms with van der Waals surface area (Å²) in [5, 5.41) is 9.38. The molecule has 1 atom stereocenters. The van der Waals surface area contributed by atoms with E-state index in [2.05, 4.69) is 9.97 Å². The summed E-state index contributed by atoms with van der Waals surface area (Å²) in [6.07, 6.45) is 3.80. The van der Waals surface area contributed by atoms with Crippen LogP contribution in [0.2, 0.25) is 0 Å². The Hall–Kier alpha value is -3.73. The summed E-state index contributed by atoms with van der Waals surface area (Å²) in [6, 6.07) is 9.14. The van der Waals surface area contributed by atoms with Crippen LogP contribution in [0.5, 0.6) is 0 Å². The van der Waals surface area contributed by atoms with Crippen LogP contribution < -0.4 is 11.2 Å². The lowest BCUT2D eigenvalue weighted by Crippen LogP contribution is -2.37. The molecule has 8 heteroatoms. The molecule has 0 spiro atoms. The molecule has 0 bridgehead atoms. The molecule has 1 unspecified atom stereocenters. The van der Waals surface area contributed by atoms with Gasteiger partial charge < -0.3 is 9.55 Å². The van der Waals surface area contributed by atoms with Gasteiger partial charge in [-0.25, -0.2) is 9.78 Å². The van der Waals surface area contributed by atoms with Crippen molar-refractivity contribution in [2.75, 3.05) is 0 Å². The first-order chi connectivity index (χ1) is 12.4. The van der Waals surface area contributed by atoms with Gasteiger partial charge in [0, 0.05) is 20.3 Å². The topological polar surface area (TPSA) is 114 Å². The number of nitriles is 1. The molecule has 0 aliphatic rings. The molecule has 3 aromatic rings. The number of benzene rings is 1. The quantitative estimate of drug-likeness (QED) is 0.702. The molecule has 0 aliphatic heterocycles. The maximum absolute atomic E-state index is 12.4. The van der Waals surface area contributed by atoms with Gasteiger partial charge in [0.25, 0.3) is 5.56 Å². The van der Waals surface area contributed by atoms with Gasteiger partial charge in [0.2, 0.25) is 0 Å². The molecule has 26 heavy (non-hydrogen) atoms. The van der Waals surface area contributed by atoms with E-state index in [0.717, 1.165) is 16.2 Å². The third-order valence-electron chi connectivity index (χ3n) is 3.99. The lowest BCUT2D eigenvalue weighted by atomic mass is 10.0. The van der Waals surface area contributed by atoms with Gasteiger partial charge in [0.05, 0.1) is 22.7 Å². The second-order valence-corrected chi connectivity index (χ2v) is 5.78. The number of aromatic amines is 1. The first-order valence-corrected chi connectivity index (χ1v) is 7.75. The van der Waals surface area contributed by atoms with E-state index in [1.54, 1.807) is 12.1 Å². The van der Waals surface area contributed by atoms with E-state index >= 15 is 0 Å². The Morgan fingerprint density at radius 3 is 2.73 bits per heavy atom. The summed E-state index contributed by atoms with van der Waals surface area (Å²) in [4.78, 5) is 43.4. The number of ketones is 1. The average Bonchev–Trinajstić information content (AvgIpc) is 3.06. The van der Waals surface area contributed by atoms with Crippen LogP contribution in [0.25, 0.3) is 17.1 Å². The Balaban J connectivity index is 1.93. The number of carbonyl (C=O) groups excluding carboxylic acids is 1. The van der Waals surface area contributed by atoms with Gasteiger partial charge in [0.15, 0.2) is 11.7 Å². The highest BCUT2D eigenvalue weighted by molar-refractivity contribution is 6.00. The fourth-order valence-electron chi connectivity index (χ4n) is 2.59. The fraction of sp³-hybridized carbons (Fsp3) is 0.167. The third kappa shape index (κ3) is 2.98. The van der Waals surface area contributed by atoms with E-state index < -0.39 is 23.0 Å². The van der Waals surface area contributed by atoms with Crippen LogP contribution in [0.4, 0.5) is 0 Å². The van der Waals surface area contributed by atoms with Crippen molar-refractivity contribution in [3.8, 4) is 6.07 Å². The molecule has 0 saturated heterocycles. The molecule has 8 nitrogen and oxygen atoms in total. The number of fused-ring (bicyclic) bond motifs is 1. The number of nitrogens with zero attached hydrogens (tertiary/aromatic N) is 4. The van der Waals surface area contributed by atoms with Crippen LogP contribution in [0, 0.1) is 11.3 Å². The van der Waals surface area contributed by atoms with Crippen molar-refractivity contribution in [1.82, 2.24) is 19.1 Å². The summed E-state index contributed by atoms with van der Waals surface area (Å²) in [7, 11) is 2.86. The minimum atomic E-state index is -1.12. The van der Waals surface area contributed by atoms with Gasteiger partial charge in [-0.2, -0.15) is 5.26 Å². The molecule has 2 aromatic heterocycles. The van der Waals surface area contributed by atoms with Crippen molar-refractivity contribution in [2.45, 2.75) is 5.92 Å². The Labute approximate surface area is 147 Å². The Morgan fingerprint density at radius 2 is 2.04 bits per heavy atom. The zero-order chi connectivity index (χ0) is 18.8. The van der Waals surface area contributed by atoms with E-state index in [1.165, 1.54) is 30.9 Å². The van der Waals surface area contributed by atoms with Crippen LogP contribution in [0.3, 0.4) is 0 Å². The molecule has 2 heterocycles. The molecular weight excluding hydrogens is 334 g/mol. The van der Waals surface area contributed by atoms with Crippen LogP contribution in [-0.4, -0.2) is 24.9 Å². The minimum absolute atomic E-state index is 0.171. The molecule has 0 radical (unpaired) electrons. The Kier molecular flexibility index (Phi) is 4.37. The molecule has 0 saturated carbocycles. The van der Waals surface area contributed by atoms with Crippen molar-refractivity contribution in [2.24, 2.45) is 14.1 Å². The predicted octanol–water partition coefficient (Wildman–Crippen LogP) is 0.850. The van der Waals surface area contributed by atoms with Crippen molar-refractivity contribution in [3.05, 3.63) is 68.8 Å². The number of aryl methyl sites for hydroxylation is 1. The number of carbonyl (C=O) groups is 1. The van der Waals surface area contributed by atoms with Gasteiger partial charge in [-0.15, -0.1) is 0 Å². The normalized spacial score (nSPS) is 12.3. The van der Waals surface area contributed by atoms with E-state index in [-0.39, 0.29) is 11.4 Å². The SMILES string of the molecule is Cn1cc(/C=C/C(=O)C(C#N)c2nc3ccccc3[nH]2)c(=O)n(C)c1=O. The van der Waals surface area contributed by atoms with Gasteiger partial charge in [-0.1, -0.05) is 12.1 Å². The minimum Gasteiger partial charge on any atom is -0.340 e. The first kappa shape index (κ1) is 17.1. The highest BCUT2D eigenvalue weighted by atomic mass is 16.2. The van der Waals surface area contributed by atoms with Gasteiger partial charge >= 0.3 is 5.69 Å². The smallest absolute Gasteiger partial charge is 0.330 e. The lowest BCUT2D eigenvalue weighted by molar-refractivity contribution is -0.114. The van der Waals surface area contributed by atoms with Gasteiger partial charge in [-0.3, -0.25) is 14.2 Å². The number of aromatic nitrogens is 4. The van der Waals surface area contributed by atoms with Crippen LogP contribution in [0.15, 0.2) is 46.1 Å². The van der Waals surface area contributed by atoms with Crippen LogP contribution in [0.1, 0.15) is 17.3 Å². The van der Waals surface area contributed by atoms with Crippen LogP contribution >= 0.6 is 0 Å². The fourth-order valence-corrected chi connectivity index (χ4v) is 2.59. The summed E-state index contributed by atoms with van der Waals surface area (Å²) in [5.41, 5.74) is 0.576. The van der Waals surface area contributed by atoms with E-state index in [1.807, 2.05) is 18.2 Å². The van der Waals surface area contributed by atoms with Gasteiger partial charge in [-0.05, 0) is 24.3 Å². The van der Waals surface area contributed by atoms with Crippen molar-refractivity contribution in [1.29, 1.82) is 5.26 Å². The number of para-hydroxylation sites is 2. The van der Waals surface area contributed by atoms with E-state index in [9.17, 15) is 19.6 Å². The number of hydrogen-bond acceptors (Lipinski definition) is 5. The van der Waals surface area contributed by atoms with E-state index in [0.29, 0.717) is 5.52 Å². The number of allylic oxidation sites excluding steroid dienone is 1. The first-order valence-electron chi connectivity index (χ1n) is 7.75. The maximum Gasteiger partial charge on any atom is 0.330 e. The van der Waals surface area contributed by atoms with Crippen LogP contribution in [-0.2, 0) is 18.9 Å². The van der Waals surface area contributed by atoms with Crippen molar-refractivity contribution in [3.63, 3.8) is 0 Å². The highest BCUT2D eigenvalue weighted by Crippen LogP contribution is 2.18. The molecular formula is C18H15N5O3. The summed E-state index contributed by atoms with van der Waals surface area (Å²) >= 11 is 0. The zero-order valence-corrected chi connectivity index (χ0v) is 14.1.